The molecule has 1 amide bonds. The molecule has 1 unspecified atom stereocenters. The molecule has 0 bridgehead atoms. The highest BCUT2D eigenvalue weighted by Crippen LogP contribution is 2.40. The van der Waals surface area contributed by atoms with Crippen LogP contribution in [0.3, 0.4) is 0 Å². The number of benzene rings is 1. The van der Waals surface area contributed by atoms with Crippen LogP contribution in [0.15, 0.2) is 18.2 Å². The second-order valence-corrected chi connectivity index (χ2v) is 5.78. The van der Waals surface area contributed by atoms with E-state index in [1.165, 1.54) is 0 Å². The van der Waals surface area contributed by atoms with Crippen LogP contribution in [0.4, 0.5) is 5.69 Å². The zero-order chi connectivity index (χ0) is 14.3. The average molecular weight is 274 g/mol. The number of rotatable bonds is 4. The molecule has 1 aromatic rings. The lowest BCUT2D eigenvalue weighted by atomic mass is 9.95. The van der Waals surface area contributed by atoms with Gasteiger partial charge in [-0.2, -0.15) is 0 Å². The summed E-state index contributed by atoms with van der Waals surface area (Å²) in [5.74, 6) is -1.23. The molecule has 0 aromatic heterocycles. The van der Waals surface area contributed by atoms with E-state index in [1.54, 1.807) is 13.0 Å². The minimum atomic E-state index is -1.16. The molecule has 1 aliphatic heterocycles. The van der Waals surface area contributed by atoms with E-state index in [2.05, 4.69) is 10.6 Å². The number of amides is 1. The lowest BCUT2D eigenvalue weighted by Crippen LogP contribution is -2.54. The highest BCUT2D eigenvalue weighted by Gasteiger charge is 2.48. The van der Waals surface area contributed by atoms with Gasteiger partial charge in [-0.25, -0.2) is 4.79 Å². The van der Waals surface area contributed by atoms with Crippen molar-refractivity contribution in [3.8, 4) is 0 Å². The lowest BCUT2D eigenvalue weighted by Gasteiger charge is -2.26. The van der Waals surface area contributed by atoms with Crippen LogP contribution >= 0.6 is 0 Å². The molecular formula is C15H18N2O3. The van der Waals surface area contributed by atoms with E-state index < -0.39 is 11.5 Å². The van der Waals surface area contributed by atoms with Crippen LogP contribution in [0, 0.1) is 5.92 Å². The Morgan fingerprint density at radius 2 is 2.15 bits per heavy atom. The van der Waals surface area contributed by atoms with Crippen LogP contribution in [0.2, 0.25) is 0 Å². The monoisotopic (exact) mass is 274 g/mol. The van der Waals surface area contributed by atoms with Gasteiger partial charge in [0.05, 0.1) is 0 Å². The summed E-state index contributed by atoms with van der Waals surface area (Å²) in [6.07, 6.45) is 2.61. The first-order chi connectivity index (χ1) is 9.50. The summed E-state index contributed by atoms with van der Waals surface area (Å²) < 4.78 is 0. The standard InChI is InChI=1S/C15H18N2O3/c1-15(14(19)20,11-3-4-11)17-13(18)10-2-5-12-9(8-10)6-7-16-12/h2,5,8,11,16H,3-4,6-7H2,1H3,(H,17,18)(H,19,20). The van der Waals surface area contributed by atoms with Gasteiger partial charge in [0.2, 0.25) is 0 Å². The summed E-state index contributed by atoms with van der Waals surface area (Å²) in [6, 6.07) is 5.47. The van der Waals surface area contributed by atoms with Crippen molar-refractivity contribution >= 4 is 17.6 Å². The molecule has 0 spiro atoms. The molecule has 20 heavy (non-hydrogen) atoms. The number of carboxylic acid groups (broad SMARTS) is 1. The Bertz CT molecular complexity index is 580. The fraction of sp³-hybridized carbons (Fsp3) is 0.467. The summed E-state index contributed by atoms with van der Waals surface area (Å²) in [6.45, 7) is 2.48. The summed E-state index contributed by atoms with van der Waals surface area (Å²) >= 11 is 0. The number of aliphatic carboxylic acids is 1. The fourth-order valence-corrected chi connectivity index (χ4v) is 2.74. The number of nitrogens with one attached hydrogen (secondary N) is 2. The van der Waals surface area contributed by atoms with Crippen LogP contribution in [0.1, 0.15) is 35.7 Å². The van der Waals surface area contributed by atoms with Crippen molar-refractivity contribution in [1.82, 2.24) is 5.32 Å². The lowest BCUT2D eigenvalue weighted by molar-refractivity contribution is -0.144. The molecule has 0 saturated heterocycles. The summed E-state index contributed by atoms with van der Waals surface area (Å²) in [5, 5.41) is 15.3. The first kappa shape index (κ1) is 13.0. The Hall–Kier alpha value is -2.04. The highest BCUT2D eigenvalue weighted by atomic mass is 16.4. The minimum Gasteiger partial charge on any atom is -0.480 e. The van der Waals surface area contributed by atoms with E-state index >= 15 is 0 Å². The van der Waals surface area contributed by atoms with Gasteiger partial charge in [0, 0.05) is 17.8 Å². The van der Waals surface area contributed by atoms with E-state index in [-0.39, 0.29) is 11.8 Å². The summed E-state index contributed by atoms with van der Waals surface area (Å²) in [7, 11) is 0. The molecule has 5 nitrogen and oxygen atoms in total. The van der Waals surface area contributed by atoms with Crippen molar-refractivity contribution in [2.24, 2.45) is 5.92 Å². The molecule has 1 atom stereocenters. The van der Waals surface area contributed by atoms with Crippen molar-refractivity contribution in [1.29, 1.82) is 0 Å². The van der Waals surface area contributed by atoms with Gasteiger partial charge in [0.15, 0.2) is 0 Å². The topological polar surface area (TPSA) is 78.4 Å². The van der Waals surface area contributed by atoms with Crippen LogP contribution in [0.5, 0.6) is 0 Å². The number of anilines is 1. The van der Waals surface area contributed by atoms with Gasteiger partial charge in [0.1, 0.15) is 5.54 Å². The second kappa shape index (κ2) is 4.51. The molecule has 1 saturated carbocycles. The van der Waals surface area contributed by atoms with Crippen LogP contribution < -0.4 is 10.6 Å². The van der Waals surface area contributed by atoms with Gasteiger partial charge >= 0.3 is 5.97 Å². The first-order valence-electron chi connectivity index (χ1n) is 6.93. The number of carbonyl (C=O) groups excluding carboxylic acids is 1. The van der Waals surface area contributed by atoms with Crippen molar-refractivity contribution in [2.45, 2.75) is 31.7 Å². The fourth-order valence-electron chi connectivity index (χ4n) is 2.74. The third kappa shape index (κ3) is 2.13. The first-order valence-corrected chi connectivity index (χ1v) is 6.93. The maximum Gasteiger partial charge on any atom is 0.329 e. The van der Waals surface area contributed by atoms with Gasteiger partial charge in [-0.15, -0.1) is 0 Å². The van der Waals surface area contributed by atoms with Gasteiger partial charge in [-0.3, -0.25) is 4.79 Å². The summed E-state index contributed by atoms with van der Waals surface area (Å²) in [5.41, 5.74) is 1.54. The normalized spacial score (nSPS) is 19.6. The van der Waals surface area contributed by atoms with Crippen molar-refractivity contribution in [3.63, 3.8) is 0 Å². The molecule has 2 aliphatic rings. The highest BCUT2D eigenvalue weighted by molar-refractivity contribution is 5.98. The number of hydrogen-bond donors (Lipinski definition) is 3. The third-order valence-electron chi connectivity index (χ3n) is 4.29. The van der Waals surface area contributed by atoms with Crippen molar-refractivity contribution in [2.75, 3.05) is 11.9 Å². The number of fused-ring (bicyclic) bond motifs is 1. The molecule has 1 aliphatic carbocycles. The predicted molar refractivity (Wildman–Crippen MR) is 74.9 cm³/mol. The SMILES string of the molecule is CC(NC(=O)c1ccc2c(c1)CCN2)(C(=O)O)C1CC1. The number of hydrogen-bond acceptors (Lipinski definition) is 3. The molecule has 3 N–H and O–H groups in total. The van der Waals surface area contributed by atoms with Gasteiger partial charge < -0.3 is 15.7 Å². The largest absolute Gasteiger partial charge is 0.480 e. The molecular weight excluding hydrogens is 256 g/mol. The average Bonchev–Trinajstić information content (AvgIpc) is 3.16. The zero-order valence-corrected chi connectivity index (χ0v) is 11.4. The number of carboxylic acids is 1. The Kier molecular flexibility index (Phi) is 2.92. The number of carbonyl (C=O) groups is 2. The third-order valence-corrected chi connectivity index (χ3v) is 4.29. The van der Waals surface area contributed by atoms with Crippen molar-refractivity contribution < 1.29 is 14.7 Å². The predicted octanol–water partition coefficient (Wildman–Crippen LogP) is 1.64. The van der Waals surface area contributed by atoms with Gasteiger partial charge in [-0.05, 0) is 55.9 Å². The molecule has 106 valence electrons. The quantitative estimate of drug-likeness (QED) is 0.780. The van der Waals surface area contributed by atoms with Crippen LogP contribution in [-0.2, 0) is 11.2 Å². The molecule has 1 heterocycles. The second-order valence-electron chi connectivity index (χ2n) is 5.78. The van der Waals surface area contributed by atoms with E-state index in [1.807, 2.05) is 12.1 Å². The van der Waals surface area contributed by atoms with Gasteiger partial charge in [0.25, 0.3) is 5.91 Å². The Labute approximate surface area is 117 Å². The van der Waals surface area contributed by atoms with Crippen LogP contribution in [-0.4, -0.2) is 29.1 Å². The van der Waals surface area contributed by atoms with Crippen LogP contribution in [0.25, 0.3) is 0 Å². The van der Waals surface area contributed by atoms with E-state index in [0.717, 1.165) is 37.1 Å². The van der Waals surface area contributed by atoms with Crippen molar-refractivity contribution in [3.05, 3.63) is 29.3 Å². The summed E-state index contributed by atoms with van der Waals surface area (Å²) in [4.78, 5) is 23.7. The smallest absolute Gasteiger partial charge is 0.329 e. The van der Waals surface area contributed by atoms with E-state index in [4.69, 9.17) is 0 Å². The molecule has 3 rings (SSSR count). The molecule has 1 aromatic carbocycles. The Morgan fingerprint density at radius 3 is 2.80 bits per heavy atom. The minimum absolute atomic E-state index is 0.0417. The zero-order valence-electron chi connectivity index (χ0n) is 11.4. The molecule has 1 fully saturated rings. The maximum absolute atomic E-state index is 12.3. The molecule has 0 radical (unpaired) electrons. The van der Waals surface area contributed by atoms with E-state index in [0.29, 0.717) is 5.56 Å². The maximum atomic E-state index is 12.3. The van der Waals surface area contributed by atoms with Gasteiger partial charge in [-0.1, -0.05) is 0 Å². The van der Waals surface area contributed by atoms with E-state index in [9.17, 15) is 14.7 Å². The Morgan fingerprint density at radius 1 is 1.40 bits per heavy atom. The molecule has 5 heteroatoms. The Balaban J connectivity index is 1.80.